The highest BCUT2D eigenvalue weighted by molar-refractivity contribution is 7.07. The van der Waals surface area contributed by atoms with E-state index in [9.17, 15) is 0 Å². The molecule has 0 spiro atoms. The molecule has 4 nitrogen and oxygen atoms in total. The summed E-state index contributed by atoms with van der Waals surface area (Å²) in [4.78, 5) is 4.54. The maximum Gasteiger partial charge on any atom is 0.203 e. The van der Waals surface area contributed by atoms with Crippen LogP contribution in [0.3, 0.4) is 0 Å². The van der Waals surface area contributed by atoms with Crippen LogP contribution in [0.15, 0.2) is 23.0 Å². The molecule has 0 aliphatic heterocycles. The monoisotopic (exact) mass is 293 g/mol. The van der Waals surface area contributed by atoms with E-state index in [0.29, 0.717) is 0 Å². The van der Waals surface area contributed by atoms with E-state index in [0.717, 1.165) is 50.8 Å². The maximum atomic E-state index is 5.34. The van der Waals surface area contributed by atoms with Crippen molar-refractivity contribution in [3.63, 3.8) is 0 Å². The van der Waals surface area contributed by atoms with Gasteiger partial charge in [0.25, 0.3) is 0 Å². The molecule has 2 rings (SSSR count). The lowest BCUT2D eigenvalue weighted by Gasteiger charge is -2.09. The van der Waals surface area contributed by atoms with Crippen LogP contribution in [0.1, 0.15) is 24.6 Å². The molecular formula is C15H23N3OS. The van der Waals surface area contributed by atoms with E-state index in [1.807, 2.05) is 13.8 Å². The highest BCUT2D eigenvalue weighted by Gasteiger charge is 2.05. The fourth-order valence-corrected chi connectivity index (χ4v) is 2.76. The number of nitrogens with zero attached hydrogens (tertiary/aromatic N) is 2. The third-order valence-corrected chi connectivity index (χ3v) is 3.80. The molecule has 110 valence electrons. The van der Waals surface area contributed by atoms with Crippen LogP contribution >= 0.6 is 11.3 Å². The van der Waals surface area contributed by atoms with Crippen LogP contribution < -0.4 is 5.32 Å². The average molecular weight is 293 g/mol. The van der Waals surface area contributed by atoms with Crippen LogP contribution in [0.2, 0.25) is 0 Å². The first-order chi connectivity index (χ1) is 9.79. The minimum atomic E-state index is 0.786. The van der Waals surface area contributed by atoms with Crippen molar-refractivity contribution in [3.05, 3.63) is 34.3 Å². The molecule has 5 heteroatoms. The molecule has 0 fully saturated rings. The molecule has 0 saturated heterocycles. The van der Waals surface area contributed by atoms with Crippen LogP contribution in [-0.2, 0) is 17.7 Å². The molecule has 0 radical (unpaired) electrons. The van der Waals surface area contributed by atoms with Gasteiger partial charge in [-0.15, -0.1) is 0 Å². The van der Waals surface area contributed by atoms with E-state index in [1.165, 1.54) is 5.56 Å². The Balaban J connectivity index is 1.82. The summed E-state index contributed by atoms with van der Waals surface area (Å²) in [6, 6.07) is 2.18. The van der Waals surface area contributed by atoms with Crippen molar-refractivity contribution in [2.75, 3.05) is 25.1 Å². The third kappa shape index (κ3) is 4.65. The highest BCUT2D eigenvalue weighted by atomic mass is 32.1. The first-order valence-corrected chi connectivity index (χ1v) is 8.10. The number of hydrogen-bond acceptors (Lipinski definition) is 4. The molecule has 0 amide bonds. The molecule has 0 aliphatic rings. The van der Waals surface area contributed by atoms with Gasteiger partial charge in [0.05, 0.1) is 5.69 Å². The first-order valence-electron chi connectivity index (χ1n) is 7.16. The van der Waals surface area contributed by atoms with Crippen molar-refractivity contribution in [3.8, 4) is 0 Å². The van der Waals surface area contributed by atoms with Crippen molar-refractivity contribution in [2.24, 2.45) is 0 Å². The largest absolute Gasteiger partial charge is 0.382 e. The fraction of sp³-hybridized carbons (Fsp3) is 0.533. The van der Waals surface area contributed by atoms with Gasteiger partial charge in [-0.05, 0) is 49.1 Å². The number of thiophene rings is 1. The molecule has 20 heavy (non-hydrogen) atoms. The standard InChI is InChI=1S/C15H23N3OS/c1-3-19-9-4-7-16-15-17-13(2)11-18(15)8-5-14-6-10-20-12-14/h6,10-12H,3-5,7-9H2,1-2H3,(H,16,17). The zero-order valence-electron chi connectivity index (χ0n) is 12.3. The van der Waals surface area contributed by atoms with E-state index < -0.39 is 0 Å². The number of rotatable bonds is 9. The van der Waals surface area contributed by atoms with Gasteiger partial charge in [0.2, 0.25) is 5.95 Å². The number of nitrogens with one attached hydrogen (secondary N) is 1. The summed E-state index contributed by atoms with van der Waals surface area (Å²) in [7, 11) is 0. The van der Waals surface area contributed by atoms with Gasteiger partial charge in [-0.3, -0.25) is 0 Å². The van der Waals surface area contributed by atoms with Gasteiger partial charge in [0.1, 0.15) is 0 Å². The second-order valence-corrected chi connectivity index (χ2v) is 5.54. The van der Waals surface area contributed by atoms with Crippen LogP contribution in [0.25, 0.3) is 0 Å². The Morgan fingerprint density at radius 2 is 2.35 bits per heavy atom. The molecule has 2 aromatic rings. The number of ether oxygens (including phenoxy) is 1. The predicted octanol–water partition coefficient (Wildman–Crippen LogP) is 3.33. The summed E-state index contributed by atoms with van der Waals surface area (Å²) >= 11 is 1.75. The van der Waals surface area contributed by atoms with Crippen LogP contribution in [0.5, 0.6) is 0 Å². The minimum Gasteiger partial charge on any atom is -0.382 e. The Labute approximate surface area is 124 Å². The van der Waals surface area contributed by atoms with Crippen molar-refractivity contribution in [2.45, 2.75) is 33.2 Å². The van der Waals surface area contributed by atoms with Gasteiger partial charge in [0, 0.05) is 32.5 Å². The van der Waals surface area contributed by atoms with Crippen molar-refractivity contribution >= 4 is 17.3 Å². The SMILES string of the molecule is CCOCCCNc1nc(C)cn1CCc1ccsc1. The summed E-state index contributed by atoms with van der Waals surface area (Å²) in [6.07, 6.45) is 4.16. The summed E-state index contributed by atoms with van der Waals surface area (Å²) in [5, 5.41) is 7.73. The van der Waals surface area contributed by atoms with Crippen molar-refractivity contribution in [1.82, 2.24) is 9.55 Å². The first kappa shape index (κ1) is 15.1. The van der Waals surface area contributed by atoms with Gasteiger partial charge >= 0.3 is 0 Å². The topological polar surface area (TPSA) is 39.1 Å². The summed E-state index contributed by atoms with van der Waals surface area (Å²) in [6.45, 7) is 7.51. The number of imidazole rings is 1. The lowest BCUT2D eigenvalue weighted by molar-refractivity contribution is 0.147. The molecule has 0 aromatic carbocycles. The molecule has 0 bridgehead atoms. The van der Waals surface area contributed by atoms with Gasteiger partial charge in [-0.1, -0.05) is 0 Å². The normalized spacial score (nSPS) is 10.9. The number of aryl methyl sites for hydroxylation is 3. The summed E-state index contributed by atoms with van der Waals surface area (Å²) in [5.74, 6) is 0.967. The fourth-order valence-electron chi connectivity index (χ4n) is 2.06. The molecule has 0 unspecified atom stereocenters. The molecule has 2 aromatic heterocycles. The lowest BCUT2D eigenvalue weighted by atomic mass is 10.2. The number of anilines is 1. The van der Waals surface area contributed by atoms with E-state index in [2.05, 4.69) is 37.9 Å². The van der Waals surface area contributed by atoms with E-state index in [1.54, 1.807) is 11.3 Å². The van der Waals surface area contributed by atoms with Gasteiger partial charge in [-0.25, -0.2) is 4.98 Å². The Kier molecular flexibility index (Phi) is 6.08. The Hall–Kier alpha value is -1.33. The van der Waals surface area contributed by atoms with E-state index in [-0.39, 0.29) is 0 Å². The zero-order chi connectivity index (χ0) is 14.2. The Morgan fingerprint density at radius 3 is 3.10 bits per heavy atom. The molecule has 2 heterocycles. The lowest BCUT2D eigenvalue weighted by Crippen LogP contribution is -2.11. The Bertz CT molecular complexity index is 493. The third-order valence-electron chi connectivity index (χ3n) is 3.07. The van der Waals surface area contributed by atoms with Gasteiger partial charge < -0.3 is 14.6 Å². The average Bonchev–Trinajstić information content (AvgIpc) is 3.06. The van der Waals surface area contributed by atoms with Crippen LogP contribution in [-0.4, -0.2) is 29.3 Å². The quantitative estimate of drug-likeness (QED) is 0.721. The molecule has 0 aliphatic carbocycles. The van der Waals surface area contributed by atoms with Crippen LogP contribution in [0.4, 0.5) is 5.95 Å². The van der Waals surface area contributed by atoms with Gasteiger partial charge in [-0.2, -0.15) is 11.3 Å². The second-order valence-electron chi connectivity index (χ2n) is 4.76. The highest BCUT2D eigenvalue weighted by Crippen LogP contribution is 2.12. The summed E-state index contributed by atoms with van der Waals surface area (Å²) in [5.41, 5.74) is 2.45. The molecular weight excluding hydrogens is 270 g/mol. The molecule has 0 atom stereocenters. The van der Waals surface area contributed by atoms with E-state index >= 15 is 0 Å². The smallest absolute Gasteiger partial charge is 0.203 e. The number of hydrogen-bond donors (Lipinski definition) is 1. The van der Waals surface area contributed by atoms with Crippen LogP contribution in [0, 0.1) is 6.92 Å². The minimum absolute atomic E-state index is 0.786. The molecule has 1 N–H and O–H groups in total. The van der Waals surface area contributed by atoms with E-state index in [4.69, 9.17) is 4.74 Å². The predicted molar refractivity (Wildman–Crippen MR) is 84.6 cm³/mol. The molecule has 0 saturated carbocycles. The number of aromatic nitrogens is 2. The second kappa shape index (κ2) is 8.07. The van der Waals surface area contributed by atoms with Crippen molar-refractivity contribution < 1.29 is 4.74 Å². The van der Waals surface area contributed by atoms with Gasteiger partial charge in [0.15, 0.2) is 0 Å². The maximum absolute atomic E-state index is 5.34. The zero-order valence-corrected chi connectivity index (χ0v) is 13.1. The van der Waals surface area contributed by atoms with Crippen molar-refractivity contribution in [1.29, 1.82) is 0 Å². The Morgan fingerprint density at radius 1 is 1.45 bits per heavy atom. The summed E-state index contributed by atoms with van der Waals surface area (Å²) < 4.78 is 7.54.